The lowest BCUT2D eigenvalue weighted by molar-refractivity contribution is 0.471. The largest absolute Gasteiger partial charge is 0.345 e. The molecular weight excluding hydrogens is 185 g/mol. The van der Waals surface area contributed by atoms with Crippen LogP contribution in [0.5, 0.6) is 0 Å². The smallest absolute Gasteiger partial charge is 0.215 e. The summed E-state index contributed by atoms with van der Waals surface area (Å²) < 4.78 is 26.7. The number of allylic oxidation sites excluding steroid dienone is 2. The Bertz CT molecular complexity index is 293. The molecule has 11 heavy (non-hydrogen) atoms. The fourth-order valence-corrected chi connectivity index (χ4v) is 2.29. The fourth-order valence-electron chi connectivity index (χ4n) is 0.612. The predicted octanol–water partition coefficient (Wildman–Crippen LogP) is 0.514. The van der Waals surface area contributed by atoms with Gasteiger partial charge in [-0.2, -0.15) is 0 Å². The van der Waals surface area contributed by atoms with E-state index < -0.39 is 9.84 Å². The van der Waals surface area contributed by atoms with Gasteiger partial charge in [-0.15, -0.1) is 0 Å². The first-order valence-corrected chi connectivity index (χ1v) is 5.30. The minimum Gasteiger partial charge on any atom is -0.345 e. The Morgan fingerprint density at radius 2 is 2.36 bits per heavy atom. The molecule has 0 bridgehead atoms. The number of sulfone groups is 1. The molecular formula is C5H8NO3PS. The van der Waals surface area contributed by atoms with Crippen LogP contribution in [-0.4, -0.2) is 15.5 Å². The molecule has 0 saturated heterocycles. The first-order chi connectivity index (χ1) is 5.17. The summed E-state index contributed by atoms with van der Waals surface area (Å²) in [7, 11) is -1.68. The van der Waals surface area contributed by atoms with E-state index in [0.29, 0.717) is 0 Å². The van der Waals surface area contributed by atoms with E-state index in [2.05, 4.69) is 9.61 Å². The molecule has 0 fully saturated rings. The third kappa shape index (κ3) is 2.02. The van der Waals surface area contributed by atoms with Gasteiger partial charge in [0, 0.05) is 12.5 Å². The topological polar surface area (TPSA) is 55.4 Å². The Morgan fingerprint density at radius 1 is 1.64 bits per heavy atom. The lowest BCUT2D eigenvalue weighted by Gasteiger charge is -2.03. The van der Waals surface area contributed by atoms with Crippen LogP contribution >= 0.6 is 8.96 Å². The molecule has 62 valence electrons. The minimum atomic E-state index is -3.16. The van der Waals surface area contributed by atoms with Gasteiger partial charge in [0.05, 0.1) is 0 Å². The van der Waals surface area contributed by atoms with Crippen LogP contribution in [0.1, 0.15) is 0 Å². The Labute approximate surface area is 67.2 Å². The van der Waals surface area contributed by atoms with Crippen molar-refractivity contribution >= 4 is 18.8 Å². The van der Waals surface area contributed by atoms with Crippen molar-refractivity contribution < 1.29 is 12.9 Å². The molecule has 1 rings (SSSR count). The number of hydrogen-bond donors (Lipinski definition) is 1. The standard InChI is InChI=1S/C5H8NO3PS/c1-9-10-6-5-3-2-4-11(5,7)8/h2-4,6,10H,1H3. The zero-order chi connectivity index (χ0) is 8.32. The van der Waals surface area contributed by atoms with Crippen molar-refractivity contribution in [3.63, 3.8) is 0 Å². The van der Waals surface area contributed by atoms with Crippen LogP contribution in [-0.2, 0) is 14.4 Å². The number of rotatable bonds is 3. The first kappa shape index (κ1) is 8.71. The van der Waals surface area contributed by atoms with Gasteiger partial charge in [0.25, 0.3) is 0 Å². The lowest BCUT2D eigenvalue weighted by atomic mass is 10.6. The summed E-state index contributed by atoms with van der Waals surface area (Å²) in [5, 5.41) is 3.99. The maximum absolute atomic E-state index is 11.0. The van der Waals surface area contributed by atoms with Crippen LogP contribution < -0.4 is 5.09 Å². The van der Waals surface area contributed by atoms with E-state index in [9.17, 15) is 8.42 Å². The molecule has 0 aromatic rings. The van der Waals surface area contributed by atoms with Crippen LogP contribution in [0, 0.1) is 0 Å². The van der Waals surface area contributed by atoms with Gasteiger partial charge < -0.3 is 9.61 Å². The second kappa shape index (κ2) is 3.34. The summed E-state index contributed by atoms with van der Waals surface area (Å²) in [6.07, 6.45) is 2.99. The zero-order valence-electron chi connectivity index (χ0n) is 5.87. The quantitative estimate of drug-likeness (QED) is 0.663. The van der Waals surface area contributed by atoms with Gasteiger partial charge in [0.15, 0.2) is 0 Å². The highest BCUT2D eigenvalue weighted by atomic mass is 32.2. The Balaban J connectivity index is 2.63. The molecule has 1 aliphatic rings. The van der Waals surface area contributed by atoms with Gasteiger partial charge in [-0.1, -0.05) is 0 Å². The molecule has 0 spiro atoms. The normalized spacial score (nSPS) is 21.0. The molecule has 1 heterocycles. The van der Waals surface area contributed by atoms with Crippen LogP contribution in [0.2, 0.25) is 0 Å². The van der Waals surface area contributed by atoms with Gasteiger partial charge in [0.2, 0.25) is 9.84 Å². The van der Waals surface area contributed by atoms with E-state index in [0.717, 1.165) is 5.41 Å². The highest BCUT2D eigenvalue weighted by molar-refractivity contribution is 7.98. The number of hydrogen-bond acceptors (Lipinski definition) is 4. The second-order valence-electron chi connectivity index (χ2n) is 1.84. The maximum atomic E-state index is 11.0. The zero-order valence-corrected chi connectivity index (χ0v) is 7.68. The van der Waals surface area contributed by atoms with Crippen molar-refractivity contribution in [2.75, 3.05) is 7.11 Å². The van der Waals surface area contributed by atoms with Crippen molar-refractivity contribution in [3.05, 3.63) is 22.6 Å². The Hall–Kier alpha value is -0.380. The summed E-state index contributed by atoms with van der Waals surface area (Å²) in [6, 6.07) is 0. The van der Waals surface area contributed by atoms with Gasteiger partial charge in [0.1, 0.15) is 14.0 Å². The predicted molar refractivity (Wildman–Crippen MR) is 44.6 cm³/mol. The van der Waals surface area contributed by atoms with Gasteiger partial charge >= 0.3 is 0 Å². The molecule has 0 aromatic carbocycles. The SMILES string of the molecule is COPNC1=CC=CS1(=O)=O. The molecule has 4 nitrogen and oxygen atoms in total. The highest BCUT2D eigenvalue weighted by Gasteiger charge is 2.16. The summed E-state index contributed by atoms with van der Waals surface area (Å²) >= 11 is 0. The monoisotopic (exact) mass is 193 g/mol. The molecule has 1 unspecified atom stereocenters. The van der Waals surface area contributed by atoms with Crippen molar-refractivity contribution in [3.8, 4) is 0 Å². The second-order valence-corrected chi connectivity index (χ2v) is 4.50. The van der Waals surface area contributed by atoms with Crippen LogP contribution in [0.15, 0.2) is 22.6 Å². The molecule has 1 N–H and O–H groups in total. The summed E-state index contributed by atoms with van der Waals surface area (Å²) in [5.41, 5.74) is 0. The average Bonchev–Trinajstić information content (AvgIpc) is 2.25. The molecule has 1 aliphatic heterocycles. The first-order valence-electron chi connectivity index (χ1n) is 2.84. The third-order valence-corrected chi connectivity index (χ3v) is 3.21. The third-order valence-electron chi connectivity index (χ3n) is 1.09. The lowest BCUT2D eigenvalue weighted by Crippen LogP contribution is -2.08. The fraction of sp³-hybridized carbons (Fsp3) is 0.200. The number of nitrogens with one attached hydrogen (secondary N) is 1. The van der Waals surface area contributed by atoms with Crippen molar-refractivity contribution in [1.82, 2.24) is 5.09 Å². The van der Waals surface area contributed by atoms with Crippen molar-refractivity contribution in [2.45, 2.75) is 0 Å². The molecule has 0 radical (unpaired) electrons. The molecule has 6 heteroatoms. The van der Waals surface area contributed by atoms with Crippen molar-refractivity contribution in [2.24, 2.45) is 0 Å². The summed E-state index contributed by atoms with van der Waals surface area (Å²) in [4.78, 5) is 0. The summed E-state index contributed by atoms with van der Waals surface area (Å²) in [5.74, 6) is 0. The van der Waals surface area contributed by atoms with Gasteiger partial charge in [-0.05, 0) is 12.2 Å². The molecule has 0 amide bonds. The minimum absolute atomic E-state index is 0.0219. The average molecular weight is 193 g/mol. The van der Waals surface area contributed by atoms with Gasteiger partial charge in [-0.25, -0.2) is 8.42 Å². The molecule has 0 aromatic heterocycles. The van der Waals surface area contributed by atoms with Gasteiger partial charge in [-0.3, -0.25) is 0 Å². The van der Waals surface area contributed by atoms with Crippen molar-refractivity contribution in [1.29, 1.82) is 0 Å². The van der Waals surface area contributed by atoms with Crippen LogP contribution in [0.4, 0.5) is 0 Å². The van der Waals surface area contributed by atoms with Crippen LogP contribution in [0.25, 0.3) is 0 Å². The Morgan fingerprint density at radius 3 is 2.82 bits per heavy atom. The van der Waals surface area contributed by atoms with E-state index in [1.165, 1.54) is 19.3 Å². The van der Waals surface area contributed by atoms with E-state index in [-0.39, 0.29) is 14.0 Å². The maximum Gasteiger partial charge on any atom is 0.215 e. The van der Waals surface area contributed by atoms with E-state index >= 15 is 0 Å². The van der Waals surface area contributed by atoms with Crippen LogP contribution in [0.3, 0.4) is 0 Å². The highest BCUT2D eigenvalue weighted by Crippen LogP contribution is 2.17. The molecule has 1 atom stereocenters. The Kier molecular flexibility index (Phi) is 2.65. The van der Waals surface area contributed by atoms with E-state index in [1.807, 2.05) is 0 Å². The summed E-state index contributed by atoms with van der Waals surface area (Å²) in [6.45, 7) is 0. The molecule has 0 saturated carbocycles. The van der Waals surface area contributed by atoms with E-state index in [1.54, 1.807) is 0 Å². The van der Waals surface area contributed by atoms with E-state index in [4.69, 9.17) is 0 Å². The molecule has 0 aliphatic carbocycles.